The number of carbonyl (C=O) groups is 1. The monoisotopic (exact) mass is 265 g/mol. The smallest absolute Gasteiger partial charge is 0.324 e. The summed E-state index contributed by atoms with van der Waals surface area (Å²) < 4.78 is 10.5. The second kappa shape index (κ2) is 5.36. The highest BCUT2D eigenvalue weighted by molar-refractivity contribution is 5.96. The zero-order chi connectivity index (χ0) is 14.0. The van der Waals surface area contributed by atoms with E-state index in [0.717, 1.165) is 0 Å². The van der Waals surface area contributed by atoms with Crippen molar-refractivity contribution in [1.29, 1.82) is 0 Å². The van der Waals surface area contributed by atoms with Crippen LogP contribution in [-0.2, 0) is 0 Å². The topological polar surface area (TPSA) is 68.0 Å². The summed E-state index contributed by atoms with van der Waals surface area (Å²) >= 11 is 0. The van der Waals surface area contributed by atoms with Crippen LogP contribution in [0.25, 0.3) is 0 Å². The summed E-state index contributed by atoms with van der Waals surface area (Å²) in [5.41, 5.74) is 6.38. The first kappa shape index (κ1) is 13.5. The number of hydrogen-bond donors (Lipinski definition) is 1. The standard InChI is InChI=1S/C13H19N3O3/c1-15-9(7-14)8-16(13(15)17)11-6-10(18-2)4-5-12(11)19-3/h4-6,9H,7-8,14H2,1-3H3. The number of amides is 2. The van der Waals surface area contributed by atoms with Crippen LogP contribution >= 0.6 is 0 Å². The summed E-state index contributed by atoms with van der Waals surface area (Å²) in [4.78, 5) is 15.6. The molecule has 1 aliphatic heterocycles. The Bertz CT molecular complexity index is 478. The Morgan fingerprint density at radius 2 is 2.11 bits per heavy atom. The van der Waals surface area contributed by atoms with Crippen LogP contribution in [0.15, 0.2) is 18.2 Å². The molecule has 1 aromatic rings. The molecule has 6 heteroatoms. The van der Waals surface area contributed by atoms with Crippen molar-refractivity contribution in [3.63, 3.8) is 0 Å². The van der Waals surface area contributed by atoms with Crippen LogP contribution in [0.5, 0.6) is 11.5 Å². The van der Waals surface area contributed by atoms with Crippen molar-refractivity contribution >= 4 is 11.7 Å². The maximum Gasteiger partial charge on any atom is 0.324 e. The third-order valence-corrected chi connectivity index (χ3v) is 3.42. The van der Waals surface area contributed by atoms with Gasteiger partial charge >= 0.3 is 6.03 Å². The van der Waals surface area contributed by atoms with Gasteiger partial charge in [0.25, 0.3) is 0 Å². The number of rotatable bonds is 4. The molecule has 0 saturated carbocycles. The number of ether oxygens (including phenoxy) is 2. The molecule has 2 amide bonds. The molecule has 0 bridgehead atoms. The first-order chi connectivity index (χ1) is 9.12. The normalized spacial score (nSPS) is 18.9. The average molecular weight is 265 g/mol. The summed E-state index contributed by atoms with van der Waals surface area (Å²) in [6, 6.07) is 5.32. The lowest BCUT2D eigenvalue weighted by molar-refractivity contribution is 0.219. The molecular weight excluding hydrogens is 246 g/mol. The van der Waals surface area contributed by atoms with Gasteiger partial charge in [0.2, 0.25) is 0 Å². The number of urea groups is 1. The van der Waals surface area contributed by atoms with Crippen LogP contribution in [0.3, 0.4) is 0 Å². The van der Waals surface area contributed by atoms with E-state index in [9.17, 15) is 4.79 Å². The van der Waals surface area contributed by atoms with Gasteiger partial charge in [-0.1, -0.05) is 0 Å². The molecule has 1 unspecified atom stereocenters. The molecule has 0 spiro atoms. The molecule has 1 aliphatic rings. The fourth-order valence-corrected chi connectivity index (χ4v) is 2.20. The molecule has 1 heterocycles. The minimum Gasteiger partial charge on any atom is -0.497 e. The molecule has 1 aromatic carbocycles. The zero-order valence-electron chi connectivity index (χ0n) is 11.4. The van der Waals surface area contributed by atoms with Gasteiger partial charge in [-0.05, 0) is 12.1 Å². The number of hydrogen-bond acceptors (Lipinski definition) is 4. The summed E-state index contributed by atoms with van der Waals surface area (Å²) in [5.74, 6) is 1.32. The van der Waals surface area contributed by atoms with Gasteiger partial charge in [0, 0.05) is 26.2 Å². The van der Waals surface area contributed by atoms with Gasteiger partial charge < -0.3 is 20.1 Å². The summed E-state index contributed by atoms with van der Waals surface area (Å²) in [6.45, 7) is 0.986. The third kappa shape index (κ3) is 2.31. The van der Waals surface area contributed by atoms with Gasteiger partial charge in [-0.3, -0.25) is 4.90 Å². The van der Waals surface area contributed by atoms with E-state index in [1.165, 1.54) is 0 Å². The Labute approximate surface area is 112 Å². The van der Waals surface area contributed by atoms with Gasteiger partial charge in [-0.2, -0.15) is 0 Å². The van der Waals surface area contributed by atoms with Gasteiger partial charge in [0.15, 0.2) is 0 Å². The van der Waals surface area contributed by atoms with Gasteiger partial charge in [-0.15, -0.1) is 0 Å². The highest BCUT2D eigenvalue weighted by Crippen LogP contribution is 2.35. The van der Waals surface area contributed by atoms with E-state index in [4.69, 9.17) is 15.2 Å². The molecule has 1 saturated heterocycles. The number of nitrogens with zero attached hydrogens (tertiary/aromatic N) is 2. The van der Waals surface area contributed by atoms with Crippen molar-refractivity contribution in [2.24, 2.45) is 5.73 Å². The Balaban J connectivity index is 2.38. The van der Waals surface area contributed by atoms with Gasteiger partial charge in [0.05, 0.1) is 25.9 Å². The molecule has 1 atom stereocenters. The van der Waals surface area contributed by atoms with Crippen molar-refractivity contribution in [2.75, 3.05) is 39.3 Å². The Hall–Kier alpha value is -1.95. The molecule has 19 heavy (non-hydrogen) atoms. The van der Waals surface area contributed by atoms with Crippen LogP contribution < -0.4 is 20.1 Å². The molecule has 1 fully saturated rings. The van der Waals surface area contributed by atoms with Crippen molar-refractivity contribution in [3.05, 3.63) is 18.2 Å². The number of anilines is 1. The van der Waals surface area contributed by atoms with E-state index < -0.39 is 0 Å². The minimum atomic E-state index is -0.0815. The molecular formula is C13H19N3O3. The van der Waals surface area contributed by atoms with E-state index in [1.54, 1.807) is 49.3 Å². The SMILES string of the molecule is COc1ccc(OC)c(N2CC(CN)N(C)C2=O)c1. The zero-order valence-corrected chi connectivity index (χ0v) is 11.4. The average Bonchev–Trinajstić information content (AvgIpc) is 2.74. The van der Waals surface area contributed by atoms with Crippen molar-refractivity contribution in [1.82, 2.24) is 4.90 Å². The van der Waals surface area contributed by atoms with Crippen LogP contribution in [0.1, 0.15) is 0 Å². The highest BCUT2D eigenvalue weighted by Gasteiger charge is 2.36. The first-order valence-corrected chi connectivity index (χ1v) is 6.08. The van der Waals surface area contributed by atoms with E-state index in [0.29, 0.717) is 30.3 Å². The van der Waals surface area contributed by atoms with Crippen molar-refractivity contribution in [3.8, 4) is 11.5 Å². The lowest BCUT2D eigenvalue weighted by Gasteiger charge is -2.19. The number of carbonyl (C=O) groups excluding carboxylic acids is 1. The number of likely N-dealkylation sites (N-methyl/N-ethyl adjacent to an activating group) is 1. The van der Waals surface area contributed by atoms with Crippen LogP contribution in [0.4, 0.5) is 10.5 Å². The molecule has 0 aliphatic carbocycles. The maximum absolute atomic E-state index is 12.2. The Morgan fingerprint density at radius 1 is 1.37 bits per heavy atom. The predicted molar refractivity (Wildman–Crippen MR) is 72.9 cm³/mol. The number of methoxy groups -OCH3 is 2. The third-order valence-electron chi connectivity index (χ3n) is 3.42. The summed E-state index contributed by atoms with van der Waals surface area (Å²) in [6.07, 6.45) is 0. The van der Waals surface area contributed by atoms with Gasteiger partial charge in [0.1, 0.15) is 11.5 Å². The molecule has 0 aromatic heterocycles. The Morgan fingerprint density at radius 3 is 2.63 bits per heavy atom. The largest absolute Gasteiger partial charge is 0.497 e. The molecule has 0 radical (unpaired) electrons. The fraction of sp³-hybridized carbons (Fsp3) is 0.462. The molecule has 6 nitrogen and oxygen atoms in total. The molecule has 2 N–H and O–H groups in total. The fourth-order valence-electron chi connectivity index (χ4n) is 2.20. The van der Waals surface area contributed by atoms with E-state index >= 15 is 0 Å². The highest BCUT2D eigenvalue weighted by atomic mass is 16.5. The lowest BCUT2D eigenvalue weighted by Crippen LogP contribution is -2.35. The quantitative estimate of drug-likeness (QED) is 0.878. The minimum absolute atomic E-state index is 0.0170. The van der Waals surface area contributed by atoms with E-state index in [-0.39, 0.29) is 12.1 Å². The van der Waals surface area contributed by atoms with Crippen molar-refractivity contribution in [2.45, 2.75) is 6.04 Å². The Kier molecular flexibility index (Phi) is 3.80. The number of nitrogens with two attached hydrogens (primary N) is 1. The predicted octanol–water partition coefficient (Wildman–Crippen LogP) is 0.903. The summed E-state index contributed by atoms with van der Waals surface area (Å²) in [7, 11) is 4.93. The van der Waals surface area contributed by atoms with Crippen molar-refractivity contribution < 1.29 is 14.3 Å². The van der Waals surface area contributed by atoms with Crippen LogP contribution in [0, 0.1) is 0 Å². The van der Waals surface area contributed by atoms with Gasteiger partial charge in [-0.25, -0.2) is 4.79 Å². The lowest BCUT2D eigenvalue weighted by atomic mass is 10.2. The molecule has 2 rings (SSSR count). The molecule has 104 valence electrons. The first-order valence-electron chi connectivity index (χ1n) is 6.08. The van der Waals surface area contributed by atoms with E-state index in [1.807, 2.05) is 0 Å². The summed E-state index contributed by atoms with van der Waals surface area (Å²) in [5, 5.41) is 0. The number of benzene rings is 1. The van der Waals surface area contributed by atoms with Crippen LogP contribution in [-0.4, -0.2) is 51.3 Å². The maximum atomic E-state index is 12.2. The second-order valence-corrected chi connectivity index (χ2v) is 4.43. The van der Waals surface area contributed by atoms with Crippen LogP contribution in [0.2, 0.25) is 0 Å². The van der Waals surface area contributed by atoms with E-state index in [2.05, 4.69) is 0 Å². The second-order valence-electron chi connectivity index (χ2n) is 4.43.